The van der Waals surface area contributed by atoms with Gasteiger partial charge in [-0.2, -0.15) is 0 Å². The molecule has 2 aromatic carbocycles. The second kappa shape index (κ2) is 6.71. The van der Waals surface area contributed by atoms with Crippen LogP contribution in [0.25, 0.3) is 10.9 Å². The van der Waals surface area contributed by atoms with Crippen LogP contribution in [-0.4, -0.2) is 16.7 Å². The molecule has 3 nitrogen and oxygen atoms in total. The number of hydrogen-bond donors (Lipinski definition) is 1. The highest BCUT2D eigenvalue weighted by Crippen LogP contribution is 2.19. The van der Waals surface area contributed by atoms with E-state index < -0.39 is 0 Å². The summed E-state index contributed by atoms with van der Waals surface area (Å²) in [4.78, 5) is 13.3. The molecule has 0 atom stereocenters. The Hall–Kier alpha value is -2.20. The van der Waals surface area contributed by atoms with E-state index >= 15 is 0 Å². The summed E-state index contributed by atoms with van der Waals surface area (Å²) in [5.41, 5.74) is 2.02. The highest BCUT2D eigenvalue weighted by atomic mass is 32.2. The molecule has 0 bridgehead atoms. The van der Waals surface area contributed by atoms with Gasteiger partial charge in [-0.25, -0.2) is 0 Å². The molecule has 0 radical (unpaired) electrons. The third-order valence-corrected chi connectivity index (χ3v) is 4.34. The lowest BCUT2D eigenvalue weighted by atomic mass is 10.2. The molecule has 0 aliphatic rings. The van der Waals surface area contributed by atoms with Crippen LogP contribution in [0.2, 0.25) is 0 Å². The number of aromatic nitrogens is 1. The van der Waals surface area contributed by atoms with Gasteiger partial charge in [0.05, 0.1) is 0 Å². The number of carbonyl (C=O) groups excluding carboxylic acids is 1. The molecule has 0 spiro atoms. The number of amides is 1. The molecule has 112 valence electrons. The monoisotopic (exact) mass is 310 g/mol. The predicted octanol–water partition coefficient (Wildman–Crippen LogP) is 4.39. The summed E-state index contributed by atoms with van der Waals surface area (Å²) in [6, 6.07) is 18.2. The van der Waals surface area contributed by atoms with Gasteiger partial charge >= 0.3 is 0 Å². The van der Waals surface area contributed by atoms with E-state index in [4.69, 9.17) is 0 Å². The molecule has 0 aliphatic carbocycles. The fraction of sp³-hybridized carbons (Fsp3) is 0.167. The van der Waals surface area contributed by atoms with Gasteiger partial charge in [-0.05, 0) is 42.0 Å². The number of carbonyl (C=O) groups is 1. The van der Waals surface area contributed by atoms with Crippen LogP contribution in [0.5, 0.6) is 0 Å². The fourth-order valence-corrected chi connectivity index (χ4v) is 2.94. The van der Waals surface area contributed by atoms with E-state index in [0.29, 0.717) is 13.0 Å². The van der Waals surface area contributed by atoms with Crippen LogP contribution in [0.4, 0.5) is 5.69 Å². The van der Waals surface area contributed by atoms with Crippen molar-refractivity contribution in [1.29, 1.82) is 0 Å². The van der Waals surface area contributed by atoms with Crippen LogP contribution in [0.3, 0.4) is 0 Å². The number of nitrogens with one attached hydrogen (secondary N) is 1. The van der Waals surface area contributed by atoms with E-state index in [0.717, 1.165) is 10.6 Å². The number of benzene rings is 2. The lowest BCUT2D eigenvalue weighted by molar-refractivity contribution is -0.116. The molecule has 0 fully saturated rings. The van der Waals surface area contributed by atoms with Crippen LogP contribution in [0, 0.1) is 0 Å². The lowest BCUT2D eigenvalue weighted by Gasteiger charge is -2.08. The largest absolute Gasteiger partial charge is 0.347 e. The van der Waals surface area contributed by atoms with Gasteiger partial charge in [-0.3, -0.25) is 4.79 Å². The molecule has 3 aromatic rings. The minimum atomic E-state index is 0.0380. The Labute approximate surface area is 134 Å². The molecule has 4 heteroatoms. The van der Waals surface area contributed by atoms with Crippen LogP contribution in [0.1, 0.15) is 6.42 Å². The summed E-state index contributed by atoms with van der Waals surface area (Å²) >= 11 is 1.67. The molecule has 22 heavy (non-hydrogen) atoms. The summed E-state index contributed by atoms with van der Waals surface area (Å²) in [6.07, 6.45) is 4.52. The first-order chi connectivity index (χ1) is 10.8. The van der Waals surface area contributed by atoms with Gasteiger partial charge in [0.25, 0.3) is 0 Å². The zero-order valence-corrected chi connectivity index (χ0v) is 13.3. The first-order valence-electron chi connectivity index (χ1n) is 7.24. The first-order valence-corrected chi connectivity index (χ1v) is 8.46. The zero-order chi connectivity index (χ0) is 15.4. The van der Waals surface area contributed by atoms with Gasteiger partial charge in [0.2, 0.25) is 5.91 Å². The molecule has 1 heterocycles. The van der Waals surface area contributed by atoms with E-state index in [1.165, 1.54) is 10.9 Å². The SMILES string of the molecule is CSc1cccc(NC(=O)CCn2ccc3ccccc32)c1. The highest BCUT2D eigenvalue weighted by Gasteiger charge is 2.05. The predicted molar refractivity (Wildman–Crippen MR) is 93.4 cm³/mol. The van der Waals surface area contributed by atoms with Crippen LogP contribution < -0.4 is 5.32 Å². The maximum absolute atomic E-state index is 12.1. The molecular formula is C18H18N2OS. The number of aryl methyl sites for hydroxylation is 1. The molecule has 1 N–H and O–H groups in total. The van der Waals surface area contributed by atoms with E-state index in [-0.39, 0.29) is 5.91 Å². The quantitative estimate of drug-likeness (QED) is 0.709. The van der Waals surface area contributed by atoms with E-state index in [1.807, 2.05) is 48.9 Å². The molecule has 1 amide bonds. The minimum absolute atomic E-state index is 0.0380. The van der Waals surface area contributed by atoms with Crippen LogP contribution in [0.15, 0.2) is 65.7 Å². The summed E-state index contributed by atoms with van der Waals surface area (Å²) in [5.74, 6) is 0.0380. The third kappa shape index (κ3) is 3.34. The van der Waals surface area contributed by atoms with Crippen molar-refractivity contribution < 1.29 is 4.79 Å². The van der Waals surface area contributed by atoms with Crippen LogP contribution >= 0.6 is 11.8 Å². The van der Waals surface area contributed by atoms with Crippen molar-refractivity contribution >= 4 is 34.3 Å². The van der Waals surface area contributed by atoms with E-state index in [1.54, 1.807) is 11.8 Å². The Morgan fingerprint density at radius 2 is 2.00 bits per heavy atom. The average Bonchev–Trinajstić information content (AvgIpc) is 2.96. The molecule has 0 unspecified atom stereocenters. The molecule has 0 aliphatic heterocycles. The summed E-state index contributed by atoms with van der Waals surface area (Å²) in [5, 5.41) is 4.17. The van der Waals surface area contributed by atoms with Crippen molar-refractivity contribution in [3.05, 3.63) is 60.8 Å². The van der Waals surface area contributed by atoms with Gasteiger partial charge in [0.15, 0.2) is 0 Å². The second-order valence-corrected chi connectivity index (χ2v) is 5.98. The number of anilines is 1. The third-order valence-electron chi connectivity index (χ3n) is 3.61. The second-order valence-electron chi connectivity index (χ2n) is 5.10. The number of fused-ring (bicyclic) bond motifs is 1. The fourth-order valence-electron chi connectivity index (χ4n) is 2.48. The normalized spacial score (nSPS) is 10.8. The van der Waals surface area contributed by atoms with Crippen molar-refractivity contribution in [3.8, 4) is 0 Å². The molecule has 0 saturated carbocycles. The highest BCUT2D eigenvalue weighted by molar-refractivity contribution is 7.98. The number of thioether (sulfide) groups is 1. The smallest absolute Gasteiger partial charge is 0.226 e. The minimum Gasteiger partial charge on any atom is -0.347 e. The van der Waals surface area contributed by atoms with E-state index in [9.17, 15) is 4.79 Å². The Kier molecular flexibility index (Phi) is 4.49. The maximum atomic E-state index is 12.1. The van der Waals surface area contributed by atoms with Gasteiger partial charge < -0.3 is 9.88 Å². The standard InChI is InChI=1S/C18H18N2OS/c1-22-16-7-4-6-15(13-16)19-18(21)10-12-20-11-9-14-5-2-3-8-17(14)20/h2-9,11,13H,10,12H2,1H3,(H,19,21). The summed E-state index contributed by atoms with van der Waals surface area (Å²) in [6.45, 7) is 0.682. The number of hydrogen-bond acceptors (Lipinski definition) is 2. The van der Waals surface area contributed by atoms with Crippen molar-refractivity contribution in [1.82, 2.24) is 4.57 Å². The Morgan fingerprint density at radius 3 is 2.86 bits per heavy atom. The van der Waals surface area contributed by atoms with Crippen molar-refractivity contribution in [2.24, 2.45) is 0 Å². The number of para-hydroxylation sites is 1. The molecule has 0 saturated heterocycles. The molecular weight excluding hydrogens is 292 g/mol. The van der Waals surface area contributed by atoms with Gasteiger partial charge in [0.1, 0.15) is 0 Å². The maximum Gasteiger partial charge on any atom is 0.226 e. The number of rotatable bonds is 5. The Balaban J connectivity index is 1.62. The zero-order valence-electron chi connectivity index (χ0n) is 12.5. The van der Waals surface area contributed by atoms with Gasteiger partial charge in [-0.15, -0.1) is 11.8 Å². The van der Waals surface area contributed by atoms with E-state index in [2.05, 4.69) is 28.1 Å². The average molecular weight is 310 g/mol. The Morgan fingerprint density at radius 1 is 1.14 bits per heavy atom. The molecule has 3 rings (SSSR count). The summed E-state index contributed by atoms with van der Waals surface area (Å²) in [7, 11) is 0. The lowest BCUT2D eigenvalue weighted by Crippen LogP contribution is -2.14. The van der Waals surface area contributed by atoms with Gasteiger partial charge in [-0.1, -0.05) is 24.3 Å². The first kappa shape index (κ1) is 14.7. The van der Waals surface area contributed by atoms with Crippen molar-refractivity contribution in [2.75, 3.05) is 11.6 Å². The summed E-state index contributed by atoms with van der Waals surface area (Å²) < 4.78 is 2.12. The van der Waals surface area contributed by atoms with Crippen molar-refractivity contribution in [3.63, 3.8) is 0 Å². The van der Waals surface area contributed by atoms with Crippen molar-refractivity contribution in [2.45, 2.75) is 17.9 Å². The molecule has 1 aromatic heterocycles. The van der Waals surface area contributed by atoms with Gasteiger partial charge in [0, 0.05) is 35.3 Å². The number of nitrogens with zero attached hydrogens (tertiary/aromatic N) is 1. The Bertz CT molecular complexity index is 794. The topological polar surface area (TPSA) is 34.0 Å². The van der Waals surface area contributed by atoms with Crippen LogP contribution in [-0.2, 0) is 11.3 Å².